The lowest BCUT2D eigenvalue weighted by Crippen LogP contribution is -2.50. The van der Waals surface area contributed by atoms with Crippen molar-refractivity contribution in [2.75, 3.05) is 26.2 Å². The highest BCUT2D eigenvalue weighted by Crippen LogP contribution is 2.44. The number of hydrogen-bond acceptors (Lipinski definition) is 7. The van der Waals surface area contributed by atoms with Gasteiger partial charge in [-0.1, -0.05) is 47.0 Å². The predicted molar refractivity (Wildman–Crippen MR) is 178 cm³/mol. The van der Waals surface area contributed by atoms with E-state index in [1.807, 2.05) is 48.2 Å². The number of halogens is 1. The fourth-order valence-corrected chi connectivity index (χ4v) is 9.04. The molecule has 47 heavy (non-hydrogen) atoms. The lowest BCUT2D eigenvalue weighted by Gasteiger charge is -2.43. The van der Waals surface area contributed by atoms with Crippen LogP contribution in [-0.4, -0.2) is 80.8 Å². The molecule has 3 amide bonds. The minimum Gasteiger partial charge on any atom is -0.488 e. The first kappa shape index (κ1) is 31.8. The number of rotatable bonds is 7. The van der Waals surface area contributed by atoms with E-state index in [4.69, 9.17) is 4.74 Å². The fourth-order valence-electron chi connectivity index (χ4n) is 7.75. The monoisotopic (exact) mass is 720 g/mol. The van der Waals surface area contributed by atoms with E-state index in [9.17, 15) is 24.3 Å². The van der Waals surface area contributed by atoms with Crippen LogP contribution in [0.15, 0.2) is 47.1 Å². The number of carbonyl (C=O) groups is 4. The number of hydrogen-bond donors (Lipinski definition) is 1. The van der Waals surface area contributed by atoms with Crippen LogP contribution in [-0.2, 0) is 22.6 Å². The molecule has 1 aromatic heterocycles. The Labute approximate surface area is 285 Å². The number of carbonyl (C=O) groups excluding carboxylic acids is 3. The number of thiazole rings is 1. The minimum absolute atomic E-state index is 0.0539. The molecule has 0 radical (unpaired) electrons. The largest absolute Gasteiger partial charge is 0.488 e. The Morgan fingerprint density at radius 1 is 1.06 bits per heavy atom. The van der Waals surface area contributed by atoms with Crippen molar-refractivity contribution in [3.05, 3.63) is 79.2 Å². The first-order valence-electron chi connectivity index (χ1n) is 16.3. The molecule has 4 heterocycles. The highest BCUT2D eigenvalue weighted by atomic mass is 79.9. The maximum absolute atomic E-state index is 14.4. The van der Waals surface area contributed by atoms with E-state index in [2.05, 4.69) is 20.9 Å². The van der Waals surface area contributed by atoms with E-state index in [1.54, 1.807) is 16.0 Å². The van der Waals surface area contributed by atoms with Crippen LogP contribution in [0.25, 0.3) is 0 Å². The summed E-state index contributed by atoms with van der Waals surface area (Å²) in [6.07, 6.45) is 5.22. The van der Waals surface area contributed by atoms with Crippen LogP contribution in [0.2, 0.25) is 0 Å². The van der Waals surface area contributed by atoms with Gasteiger partial charge in [-0.05, 0) is 55.5 Å². The molecule has 12 heteroatoms. The number of carboxylic acids is 1. The van der Waals surface area contributed by atoms with Crippen molar-refractivity contribution in [2.24, 2.45) is 11.8 Å². The SMILES string of the molecule is Cc1ncc(C(=O)N2CC[C@H](Oc3ccc(Br)c4c3[C@@H](CN3Cc5ccccc5C3=O)N(C(=O)[C@@H]3CCCC[C@@H]3C(=O)O)CC4)C2)s1. The molecule has 1 N–H and O–H groups in total. The van der Waals surface area contributed by atoms with Gasteiger partial charge in [-0.25, -0.2) is 4.98 Å². The van der Waals surface area contributed by atoms with E-state index in [-0.39, 0.29) is 30.4 Å². The molecule has 3 aromatic rings. The second kappa shape index (κ2) is 13.0. The number of benzene rings is 2. The summed E-state index contributed by atoms with van der Waals surface area (Å²) >= 11 is 5.13. The molecule has 4 aliphatic rings. The zero-order valence-corrected chi connectivity index (χ0v) is 28.6. The minimum atomic E-state index is -0.928. The van der Waals surface area contributed by atoms with Gasteiger partial charge in [-0.2, -0.15) is 0 Å². The normalized spacial score (nSPS) is 23.9. The third-order valence-corrected chi connectivity index (χ3v) is 11.7. The standard InChI is InChI=1S/C35H37BrN4O6S/c1-20-37-16-30(47-20)34(43)38-14-12-22(18-38)46-29-11-10-27(36)26-13-15-40(33(42)24-8-4-5-9-25(24)35(44)45)28(31(26)29)19-39-17-21-6-2-3-7-23(21)32(39)41/h2-3,6-7,10-11,16,22,24-25,28H,4-5,8-9,12-15,17-19H2,1H3,(H,44,45)/t22-,24+,25-,28+/m0/s1. The van der Waals surface area contributed by atoms with E-state index in [0.717, 1.165) is 39.0 Å². The molecule has 0 spiro atoms. The van der Waals surface area contributed by atoms with Crippen molar-refractivity contribution in [3.8, 4) is 5.75 Å². The van der Waals surface area contributed by atoms with Gasteiger partial charge >= 0.3 is 5.97 Å². The van der Waals surface area contributed by atoms with Gasteiger partial charge in [0.15, 0.2) is 0 Å². The predicted octanol–water partition coefficient (Wildman–Crippen LogP) is 5.48. The van der Waals surface area contributed by atoms with Crippen LogP contribution in [0.5, 0.6) is 5.75 Å². The molecular formula is C35H37BrN4O6S. The maximum atomic E-state index is 14.4. The second-order valence-electron chi connectivity index (χ2n) is 12.9. The Morgan fingerprint density at radius 2 is 1.85 bits per heavy atom. The number of amides is 3. The summed E-state index contributed by atoms with van der Waals surface area (Å²) in [4.78, 5) is 63.7. The Hall–Kier alpha value is -3.77. The van der Waals surface area contributed by atoms with Crippen LogP contribution in [0.3, 0.4) is 0 Å². The molecule has 1 saturated carbocycles. The van der Waals surface area contributed by atoms with Crippen molar-refractivity contribution in [2.45, 2.75) is 64.1 Å². The third kappa shape index (κ3) is 6.06. The lowest BCUT2D eigenvalue weighted by atomic mass is 9.77. The smallest absolute Gasteiger partial charge is 0.307 e. The summed E-state index contributed by atoms with van der Waals surface area (Å²) in [6.45, 7) is 3.97. The summed E-state index contributed by atoms with van der Waals surface area (Å²) in [5, 5.41) is 10.9. The van der Waals surface area contributed by atoms with Gasteiger partial charge in [-0.15, -0.1) is 11.3 Å². The summed E-state index contributed by atoms with van der Waals surface area (Å²) in [5.41, 5.74) is 3.47. The molecule has 0 bridgehead atoms. The summed E-state index contributed by atoms with van der Waals surface area (Å²) in [5.74, 6) is -1.94. The molecular weight excluding hydrogens is 684 g/mol. The van der Waals surface area contributed by atoms with Crippen molar-refractivity contribution in [3.63, 3.8) is 0 Å². The number of aryl methyl sites for hydroxylation is 1. The first-order chi connectivity index (χ1) is 22.7. The average molecular weight is 722 g/mol. The zero-order valence-electron chi connectivity index (χ0n) is 26.2. The Bertz CT molecular complexity index is 1740. The number of aliphatic carboxylic acids is 1. The van der Waals surface area contributed by atoms with Gasteiger partial charge in [0, 0.05) is 48.2 Å². The quantitative estimate of drug-likeness (QED) is 0.343. The first-order valence-corrected chi connectivity index (χ1v) is 17.9. The van der Waals surface area contributed by atoms with Gasteiger partial charge < -0.3 is 24.5 Å². The zero-order chi connectivity index (χ0) is 32.8. The average Bonchev–Trinajstić information content (AvgIpc) is 3.81. The number of ether oxygens (including phenoxy) is 1. The van der Waals surface area contributed by atoms with Gasteiger partial charge in [0.1, 0.15) is 16.7 Å². The second-order valence-corrected chi connectivity index (χ2v) is 15.0. The maximum Gasteiger partial charge on any atom is 0.307 e. The van der Waals surface area contributed by atoms with Crippen LogP contribution in [0.4, 0.5) is 0 Å². The van der Waals surface area contributed by atoms with Crippen molar-refractivity contribution in [1.29, 1.82) is 0 Å². The van der Waals surface area contributed by atoms with Gasteiger partial charge in [0.05, 0.1) is 35.6 Å². The lowest BCUT2D eigenvalue weighted by molar-refractivity contribution is -0.153. The van der Waals surface area contributed by atoms with E-state index >= 15 is 0 Å². The molecule has 246 valence electrons. The fraction of sp³-hybridized carbons (Fsp3) is 0.457. The number of aromatic nitrogens is 1. The van der Waals surface area contributed by atoms with E-state index in [1.165, 1.54) is 11.3 Å². The van der Waals surface area contributed by atoms with Crippen LogP contribution in [0, 0.1) is 18.8 Å². The van der Waals surface area contributed by atoms with Crippen LogP contribution >= 0.6 is 27.3 Å². The molecule has 3 aliphatic heterocycles. The molecule has 2 fully saturated rings. The molecule has 1 aliphatic carbocycles. The molecule has 4 atom stereocenters. The van der Waals surface area contributed by atoms with Crippen molar-refractivity contribution in [1.82, 2.24) is 19.7 Å². The molecule has 1 saturated heterocycles. The van der Waals surface area contributed by atoms with Crippen LogP contribution < -0.4 is 4.74 Å². The number of nitrogens with zero attached hydrogens (tertiary/aromatic N) is 4. The Kier molecular flexibility index (Phi) is 8.82. The van der Waals surface area contributed by atoms with Gasteiger partial charge in [0.25, 0.3) is 11.8 Å². The Morgan fingerprint density at radius 3 is 2.60 bits per heavy atom. The molecule has 2 aromatic carbocycles. The highest BCUT2D eigenvalue weighted by molar-refractivity contribution is 9.10. The highest BCUT2D eigenvalue weighted by Gasteiger charge is 2.44. The molecule has 7 rings (SSSR count). The molecule has 0 unspecified atom stereocenters. The van der Waals surface area contributed by atoms with Crippen LogP contribution in [0.1, 0.15) is 79.9 Å². The summed E-state index contributed by atoms with van der Waals surface area (Å²) in [6, 6.07) is 10.9. The van der Waals surface area contributed by atoms with Crippen molar-refractivity contribution < 1.29 is 29.0 Å². The summed E-state index contributed by atoms with van der Waals surface area (Å²) < 4.78 is 7.60. The molecule has 10 nitrogen and oxygen atoms in total. The number of likely N-dealkylation sites (tertiary alicyclic amines) is 1. The van der Waals surface area contributed by atoms with Gasteiger partial charge in [0.2, 0.25) is 5.91 Å². The third-order valence-electron chi connectivity index (χ3n) is 10.1. The van der Waals surface area contributed by atoms with Gasteiger partial charge in [-0.3, -0.25) is 19.2 Å². The van der Waals surface area contributed by atoms with E-state index in [0.29, 0.717) is 68.1 Å². The number of fused-ring (bicyclic) bond motifs is 2. The Balaban J connectivity index is 1.21. The number of carboxylic acid groups (broad SMARTS) is 1. The van der Waals surface area contributed by atoms with Crippen molar-refractivity contribution >= 4 is 51.0 Å². The topological polar surface area (TPSA) is 120 Å². The van der Waals surface area contributed by atoms with E-state index < -0.39 is 23.8 Å². The summed E-state index contributed by atoms with van der Waals surface area (Å²) in [7, 11) is 0.